The van der Waals surface area contributed by atoms with E-state index in [1.807, 2.05) is 0 Å². The Morgan fingerprint density at radius 2 is 1.08 bits per heavy atom. The molecule has 0 bridgehead atoms. The number of nitrogens with one attached hydrogen (secondary N) is 2. The Kier molecular flexibility index (Phi) is 28.1. The molecule has 0 saturated heterocycles. The number of azide groups is 2. The third-order valence-electron chi connectivity index (χ3n) is 5.60. The molecule has 2 aromatic carbocycles. The first-order valence-corrected chi connectivity index (χ1v) is 14.7. The van der Waals surface area contributed by atoms with Crippen LogP contribution in [0.1, 0.15) is 60.1 Å². The average molecular weight is 745 g/mol. The molecule has 2 rings (SSSR count). The summed E-state index contributed by atoms with van der Waals surface area (Å²) in [5, 5.41) is 20.6. The van der Waals surface area contributed by atoms with Crippen molar-refractivity contribution >= 4 is 24.1 Å². The number of amides is 2. The Hall–Kier alpha value is -5.34. The molecule has 21 heteroatoms. The fraction of sp³-hybridized carbons (Fsp3) is 0.500. The van der Waals surface area contributed by atoms with Crippen molar-refractivity contribution in [2.24, 2.45) is 10.2 Å². The van der Waals surface area contributed by atoms with E-state index in [1.165, 1.54) is 7.11 Å². The number of methoxy groups -OCH3 is 1. The van der Waals surface area contributed by atoms with Crippen molar-refractivity contribution in [2.75, 3.05) is 20.6 Å². The van der Waals surface area contributed by atoms with Crippen molar-refractivity contribution in [3.05, 3.63) is 80.5 Å². The predicted octanol–water partition coefficient (Wildman–Crippen LogP) is 2.43. The minimum atomic E-state index is -1.16. The number of esters is 1. The number of hydrogen-bond acceptors (Lipinski definition) is 12. The fourth-order valence-electron chi connectivity index (χ4n) is 3.61. The van der Waals surface area contributed by atoms with Crippen molar-refractivity contribution in [1.82, 2.24) is 10.6 Å². The molecule has 0 aliphatic heterocycles. The average Bonchev–Trinajstić information content (AvgIpc) is 3.00. The van der Waals surface area contributed by atoms with Crippen molar-refractivity contribution in [2.45, 2.75) is 85.1 Å². The molecule has 6 N–H and O–H groups in total. The molecule has 2 aromatic rings. The Morgan fingerprint density at radius 3 is 1.38 bits per heavy atom. The van der Waals surface area contributed by atoms with Gasteiger partial charge < -0.3 is 50.4 Å². The van der Waals surface area contributed by atoms with E-state index in [0.717, 1.165) is 5.56 Å². The van der Waals surface area contributed by atoms with Crippen molar-refractivity contribution in [3.63, 3.8) is 0 Å². The quantitative estimate of drug-likeness (QED) is 0.0630. The van der Waals surface area contributed by atoms with Crippen LogP contribution in [-0.2, 0) is 36.6 Å². The summed E-state index contributed by atoms with van der Waals surface area (Å²) in [4.78, 5) is 51.9. The Balaban J connectivity index is -0.000000422. The van der Waals surface area contributed by atoms with E-state index in [0.29, 0.717) is 17.1 Å². The molecule has 0 radical (unpaired) electrons. The van der Waals surface area contributed by atoms with E-state index in [4.69, 9.17) is 34.7 Å². The molecule has 0 aliphatic rings. The second-order valence-corrected chi connectivity index (χ2v) is 12.0. The molecule has 20 nitrogen and oxygen atoms in total. The van der Waals surface area contributed by atoms with Crippen molar-refractivity contribution < 1.29 is 77.8 Å². The second-order valence-electron chi connectivity index (χ2n) is 12.0. The van der Waals surface area contributed by atoms with Crippen LogP contribution in [-0.4, -0.2) is 84.0 Å². The van der Waals surface area contributed by atoms with Gasteiger partial charge in [0.1, 0.15) is 34.8 Å². The SMILES string of the molecule is C.CC(C)(C)OC(=O)NC(Cc1ccc(OCN=[N+]=[N-])cc1)C(=O)O.COC(=O)C(Cc1ccc(OCN=[N+]=[N-])cc1)NC(=O)OC(C)(C)C.O.[Li+].[OH-]. The molecule has 0 aliphatic carbocycles. The molecule has 2 amide bonds. The first-order valence-electron chi connectivity index (χ1n) is 14.7. The van der Waals surface area contributed by atoms with Crippen LogP contribution in [0.4, 0.5) is 9.59 Å². The van der Waals surface area contributed by atoms with Crippen molar-refractivity contribution in [3.8, 4) is 11.5 Å². The summed E-state index contributed by atoms with van der Waals surface area (Å²) in [6.07, 6.45) is -1.17. The Bertz CT molecular complexity index is 1490. The molecule has 2 atom stereocenters. The maximum Gasteiger partial charge on any atom is 1.00 e. The fourth-order valence-corrected chi connectivity index (χ4v) is 3.61. The van der Waals surface area contributed by atoms with E-state index in [9.17, 15) is 24.3 Å². The van der Waals surface area contributed by atoms with Gasteiger partial charge in [-0.3, -0.25) is 0 Å². The van der Waals surface area contributed by atoms with Crippen LogP contribution < -0.4 is 39.0 Å². The van der Waals surface area contributed by atoms with Gasteiger partial charge in [-0.05, 0) is 88.0 Å². The molecule has 290 valence electrons. The number of alkyl carbamates (subject to hydrolysis) is 2. The second kappa shape index (κ2) is 27.3. The monoisotopic (exact) mass is 744 g/mol. The summed E-state index contributed by atoms with van der Waals surface area (Å²) in [7, 11) is 1.25. The molecule has 2 unspecified atom stereocenters. The minimum Gasteiger partial charge on any atom is -0.870 e. The van der Waals surface area contributed by atoms with Gasteiger partial charge >= 0.3 is 43.0 Å². The smallest absolute Gasteiger partial charge is 0.870 e. The number of carbonyl (C=O) groups is 4. The number of ether oxygens (including phenoxy) is 5. The predicted molar refractivity (Wildman–Crippen MR) is 188 cm³/mol. The van der Waals surface area contributed by atoms with Crippen LogP contribution in [0.2, 0.25) is 0 Å². The summed E-state index contributed by atoms with van der Waals surface area (Å²) in [5.74, 6) is -0.733. The molecule has 0 saturated carbocycles. The van der Waals surface area contributed by atoms with Gasteiger partial charge in [0.15, 0.2) is 13.5 Å². The molecule has 0 spiro atoms. The third-order valence-corrected chi connectivity index (χ3v) is 5.60. The van der Waals surface area contributed by atoms with Crippen LogP contribution in [0, 0.1) is 0 Å². The van der Waals surface area contributed by atoms with E-state index in [2.05, 4.69) is 30.7 Å². The van der Waals surface area contributed by atoms with E-state index in [-0.39, 0.29) is 63.5 Å². The Morgan fingerprint density at radius 1 is 0.736 bits per heavy atom. The van der Waals surface area contributed by atoms with Gasteiger partial charge in [0.05, 0.1) is 7.11 Å². The number of carboxylic acid groups (broad SMARTS) is 1. The van der Waals surface area contributed by atoms with E-state index in [1.54, 1.807) is 90.1 Å². The van der Waals surface area contributed by atoms with Gasteiger partial charge in [0.25, 0.3) is 0 Å². The number of carboxylic acids is 1. The van der Waals surface area contributed by atoms with Crippen LogP contribution in [0.3, 0.4) is 0 Å². The van der Waals surface area contributed by atoms with Crippen LogP contribution in [0.25, 0.3) is 20.9 Å². The van der Waals surface area contributed by atoms with Crippen molar-refractivity contribution in [1.29, 1.82) is 0 Å². The molecule has 0 fully saturated rings. The first-order chi connectivity index (χ1) is 23.0. The van der Waals surface area contributed by atoms with Crippen LogP contribution in [0.15, 0.2) is 58.8 Å². The molecular formula is C32H49LiN8O12. The standard InChI is InChI=1S/C16H22N4O5.C15H20N4O5.CH4.Li.2H2O/c1-16(2,3)25-15(22)19-13(14(21)23-4)9-11-5-7-12(8-6-11)24-10-18-20-17;1-15(2,3)24-14(22)18-12(13(20)21)8-10-4-6-11(7-5-10)23-9-17-19-16;;;;/h5-8,13H,9-10H2,1-4H3,(H,19,22);4-7,12H,8-9H2,1-3H3,(H,18,22)(H,20,21);1H4;;2*1H2/q;;;+1;;/p-1. The van der Waals surface area contributed by atoms with Gasteiger partial charge in [-0.2, -0.15) is 0 Å². The molecular weight excluding hydrogens is 695 g/mol. The summed E-state index contributed by atoms with van der Waals surface area (Å²) in [5.41, 5.74) is 16.4. The Labute approximate surface area is 319 Å². The minimum absolute atomic E-state index is 0. The molecule has 53 heavy (non-hydrogen) atoms. The number of hydrogen-bond donors (Lipinski definition) is 3. The molecule has 0 heterocycles. The number of aliphatic carboxylic acids is 1. The zero-order valence-corrected chi connectivity index (χ0v) is 30.4. The topological polar surface area (TPSA) is 318 Å². The van der Waals surface area contributed by atoms with Gasteiger partial charge in [-0.25, -0.2) is 19.2 Å². The van der Waals surface area contributed by atoms with Gasteiger partial charge in [-0.1, -0.05) is 41.9 Å². The van der Waals surface area contributed by atoms with E-state index < -0.39 is 47.4 Å². The van der Waals surface area contributed by atoms with Crippen LogP contribution in [0.5, 0.6) is 11.5 Å². The zero-order valence-electron chi connectivity index (χ0n) is 30.4. The third kappa shape index (κ3) is 25.3. The normalized spacial score (nSPS) is 10.8. The first kappa shape index (κ1) is 54.4. The number of rotatable bonds is 14. The molecule has 0 aromatic heterocycles. The zero-order chi connectivity index (χ0) is 37.0. The van der Waals surface area contributed by atoms with Gasteiger partial charge in [0, 0.05) is 22.7 Å². The number of carbonyl (C=O) groups excluding carboxylic acids is 3. The van der Waals surface area contributed by atoms with E-state index >= 15 is 0 Å². The summed E-state index contributed by atoms with van der Waals surface area (Å²) >= 11 is 0. The van der Waals surface area contributed by atoms with Crippen LogP contribution >= 0.6 is 0 Å². The van der Waals surface area contributed by atoms with Gasteiger partial charge in [0.2, 0.25) is 0 Å². The largest absolute Gasteiger partial charge is 1.00 e. The summed E-state index contributed by atoms with van der Waals surface area (Å²) in [6.45, 7) is 10.0. The summed E-state index contributed by atoms with van der Waals surface area (Å²) in [6, 6.07) is 11.4. The number of benzene rings is 2. The summed E-state index contributed by atoms with van der Waals surface area (Å²) < 4.78 is 25.3. The maximum absolute atomic E-state index is 11.9. The van der Waals surface area contributed by atoms with Gasteiger partial charge in [-0.15, -0.1) is 0 Å². The maximum atomic E-state index is 11.9. The number of nitrogens with zero attached hydrogens (tertiary/aromatic N) is 6.